The van der Waals surface area contributed by atoms with E-state index in [4.69, 9.17) is 27.9 Å². The van der Waals surface area contributed by atoms with Crippen molar-refractivity contribution in [3.05, 3.63) is 51.5 Å². The molecule has 9 heteroatoms. The van der Waals surface area contributed by atoms with Crippen LogP contribution in [0.3, 0.4) is 0 Å². The largest absolute Gasteiger partial charge is 0.504 e. The third kappa shape index (κ3) is 3.30. The van der Waals surface area contributed by atoms with E-state index < -0.39 is 17.1 Å². The molecule has 0 aromatic heterocycles. The minimum atomic E-state index is -0.978. The van der Waals surface area contributed by atoms with Crippen molar-refractivity contribution in [1.82, 2.24) is 9.80 Å². The topological polar surface area (TPSA) is 85.3 Å². The third-order valence-corrected chi connectivity index (χ3v) is 10.5. The molecule has 5 aliphatic rings. The lowest BCUT2D eigenvalue weighted by Crippen LogP contribution is -2.78. The number of hydrogen-bond acceptors (Lipinski definition) is 5. The van der Waals surface area contributed by atoms with Crippen molar-refractivity contribution in [2.45, 2.75) is 67.7 Å². The van der Waals surface area contributed by atoms with Gasteiger partial charge in [-0.25, -0.2) is 4.79 Å². The summed E-state index contributed by atoms with van der Waals surface area (Å²) in [7, 11) is 1.77. The van der Waals surface area contributed by atoms with E-state index in [1.165, 1.54) is 12.8 Å². The summed E-state index contributed by atoms with van der Waals surface area (Å²) in [6.45, 7) is 1.91. The number of carbonyl (C=O) groups is 1. The zero-order valence-electron chi connectivity index (χ0n) is 20.7. The molecule has 7 rings (SSSR count). The van der Waals surface area contributed by atoms with E-state index in [0.29, 0.717) is 34.3 Å². The van der Waals surface area contributed by atoms with Gasteiger partial charge in [-0.1, -0.05) is 29.3 Å². The zero-order valence-corrected chi connectivity index (χ0v) is 22.2. The van der Waals surface area contributed by atoms with Crippen molar-refractivity contribution >= 4 is 34.9 Å². The number of anilines is 1. The molecule has 37 heavy (non-hydrogen) atoms. The van der Waals surface area contributed by atoms with Crippen molar-refractivity contribution in [1.29, 1.82) is 0 Å². The van der Waals surface area contributed by atoms with Gasteiger partial charge in [0.05, 0.1) is 27.1 Å². The number of amides is 2. The Bertz CT molecular complexity index is 1300. The van der Waals surface area contributed by atoms with Crippen molar-refractivity contribution in [2.75, 3.05) is 25.5 Å². The molecule has 2 aromatic rings. The summed E-state index contributed by atoms with van der Waals surface area (Å²) in [4.78, 5) is 17.6. The van der Waals surface area contributed by atoms with Crippen LogP contribution in [0.25, 0.3) is 0 Å². The van der Waals surface area contributed by atoms with Gasteiger partial charge in [0, 0.05) is 30.9 Å². The molecule has 3 fully saturated rings. The Hall–Kier alpha value is -2.19. The van der Waals surface area contributed by atoms with Crippen LogP contribution in [-0.4, -0.2) is 70.0 Å². The van der Waals surface area contributed by atoms with Gasteiger partial charge in [0.25, 0.3) is 0 Å². The van der Waals surface area contributed by atoms with Crippen LogP contribution in [0.5, 0.6) is 11.5 Å². The lowest BCUT2D eigenvalue weighted by molar-refractivity contribution is -0.197. The molecule has 1 spiro atoms. The van der Waals surface area contributed by atoms with Crippen LogP contribution in [0.15, 0.2) is 30.3 Å². The number of piperidine rings is 1. The lowest BCUT2D eigenvalue weighted by Gasteiger charge is -2.64. The summed E-state index contributed by atoms with van der Waals surface area (Å²) in [5.41, 5.74) is 1.02. The first-order valence-corrected chi connectivity index (χ1v) is 14.0. The fraction of sp³-hybridized carbons (Fsp3) is 0.536. The number of nitrogens with zero attached hydrogens (tertiary/aromatic N) is 2. The Kier molecular flexibility index (Phi) is 5.27. The average molecular weight is 544 g/mol. The molecule has 2 heterocycles. The maximum absolute atomic E-state index is 13.4. The van der Waals surface area contributed by atoms with Crippen molar-refractivity contribution in [3.8, 4) is 11.5 Å². The van der Waals surface area contributed by atoms with Crippen LogP contribution in [-0.2, 0) is 11.8 Å². The van der Waals surface area contributed by atoms with Crippen LogP contribution in [0.4, 0.5) is 10.5 Å². The first-order chi connectivity index (χ1) is 17.7. The number of phenolic OH excluding ortho intramolecular Hbond substituents is 1. The maximum atomic E-state index is 13.4. The SMILES string of the molecule is CN(C(=O)Nc1ccc(Cl)c(Cl)c1)[C@@H]1CC[C@@]2(O)[C@H]3Cc4ccc(O)c5c4[C@@]2(CCN3CC2CC2)[C@H]1O5. The fourth-order valence-corrected chi connectivity index (χ4v) is 8.09. The number of halogens is 2. The summed E-state index contributed by atoms with van der Waals surface area (Å²) in [6.07, 6.45) is 4.75. The second-order valence-corrected chi connectivity index (χ2v) is 12.4. The molecule has 3 aliphatic carbocycles. The Labute approximate surface area is 226 Å². The maximum Gasteiger partial charge on any atom is 0.321 e. The number of phenols is 1. The highest BCUT2D eigenvalue weighted by molar-refractivity contribution is 6.42. The minimum absolute atomic E-state index is 0.00670. The standard InChI is InChI=1S/C28H31Cl2N3O4/c1-32(26(35)31-17-5-6-18(29)19(30)13-17)20-8-9-28(36)22-12-16-4-7-21(34)24-23(16)27(28,25(20)37-24)10-11-33(22)14-15-2-3-15/h4-7,13,15,20,22,25,34,36H,2-3,8-12,14H2,1H3,(H,31,35)/t20-,22-,25+,27+,28-/m1/s1. The van der Waals surface area contributed by atoms with Crippen LogP contribution >= 0.6 is 23.2 Å². The molecular formula is C28H31Cl2N3O4. The highest BCUT2D eigenvalue weighted by Crippen LogP contribution is 2.66. The summed E-state index contributed by atoms with van der Waals surface area (Å²) in [6, 6.07) is 8.14. The van der Waals surface area contributed by atoms with E-state index in [2.05, 4.69) is 10.2 Å². The van der Waals surface area contributed by atoms with Gasteiger partial charge in [0.1, 0.15) is 6.10 Å². The Morgan fingerprint density at radius 2 is 2.00 bits per heavy atom. The molecule has 3 N–H and O–H groups in total. The normalized spacial score (nSPS) is 33.5. The predicted molar refractivity (Wildman–Crippen MR) is 142 cm³/mol. The summed E-state index contributed by atoms with van der Waals surface area (Å²) in [5.74, 6) is 1.32. The number of benzene rings is 2. The number of likely N-dealkylation sites (tertiary alicyclic amines) is 1. The number of likely N-dealkylation sites (N-methyl/N-ethyl adjacent to an activating group) is 1. The molecule has 2 aliphatic heterocycles. The van der Waals surface area contributed by atoms with Crippen LogP contribution < -0.4 is 10.1 Å². The molecule has 7 nitrogen and oxygen atoms in total. The van der Waals surface area contributed by atoms with E-state index in [-0.39, 0.29) is 23.9 Å². The quantitative estimate of drug-likeness (QED) is 0.515. The van der Waals surface area contributed by atoms with Crippen LogP contribution in [0.2, 0.25) is 10.0 Å². The number of nitrogens with one attached hydrogen (secondary N) is 1. The van der Waals surface area contributed by atoms with E-state index in [1.54, 1.807) is 36.2 Å². The van der Waals surface area contributed by atoms with Gasteiger partial charge >= 0.3 is 6.03 Å². The van der Waals surface area contributed by atoms with Gasteiger partial charge in [-0.2, -0.15) is 0 Å². The van der Waals surface area contributed by atoms with Crippen LogP contribution in [0.1, 0.15) is 43.2 Å². The molecule has 0 radical (unpaired) electrons. The number of carbonyl (C=O) groups excluding carboxylic acids is 1. The van der Waals surface area contributed by atoms with Crippen molar-refractivity contribution < 1.29 is 19.7 Å². The van der Waals surface area contributed by atoms with Gasteiger partial charge in [0.15, 0.2) is 11.5 Å². The van der Waals surface area contributed by atoms with Crippen LogP contribution in [0, 0.1) is 5.92 Å². The van der Waals surface area contributed by atoms with Crippen molar-refractivity contribution in [2.24, 2.45) is 5.92 Å². The molecule has 5 atom stereocenters. The van der Waals surface area contributed by atoms with Gasteiger partial charge in [-0.3, -0.25) is 4.90 Å². The molecule has 1 saturated heterocycles. The third-order valence-electron chi connectivity index (χ3n) is 9.72. The second-order valence-electron chi connectivity index (χ2n) is 11.6. The highest BCUT2D eigenvalue weighted by atomic mass is 35.5. The summed E-state index contributed by atoms with van der Waals surface area (Å²) in [5, 5.41) is 27.1. The van der Waals surface area contributed by atoms with E-state index in [1.807, 2.05) is 6.07 Å². The monoisotopic (exact) mass is 543 g/mol. The Morgan fingerprint density at radius 1 is 1.19 bits per heavy atom. The number of hydrogen-bond donors (Lipinski definition) is 3. The Balaban J connectivity index is 1.25. The molecular weight excluding hydrogens is 513 g/mol. The number of aromatic hydroxyl groups is 1. The van der Waals surface area contributed by atoms with Gasteiger partial charge in [-0.15, -0.1) is 0 Å². The molecule has 2 aromatic carbocycles. The number of aliphatic hydroxyl groups is 1. The van der Waals surface area contributed by atoms with E-state index in [9.17, 15) is 15.0 Å². The second kappa shape index (κ2) is 8.15. The van der Waals surface area contributed by atoms with Crippen molar-refractivity contribution in [3.63, 3.8) is 0 Å². The van der Waals surface area contributed by atoms with Gasteiger partial charge in [-0.05, 0) is 80.8 Å². The first-order valence-electron chi connectivity index (χ1n) is 13.2. The summed E-state index contributed by atoms with van der Waals surface area (Å²) < 4.78 is 6.58. The highest BCUT2D eigenvalue weighted by Gasteiger charge is 2.73. The van der Waals surface area contributed by atoms with Gasteiger partial charge in [0.2, 0.25) is 0 Å². The molecule has 2 bridgehead atoms. The molecule has 2 saturated carbocycles. The fourth-order valence-electron chi connectivity index (χ4n) is 7.79. The number of urea groups is 1. The smallest absolute Gasteiger partial charge is 0.321 e. The minimum Gasteiger partial charge on any atom is -0.504 e. The molecule has 196 valence electrons. The van der Waals surface area contributed by atoms with E-state index >= 15 is 0 Å². The number of ether oxygens (including phenoxy) is 1. The summed E-state index contributed by atoms with van der Waals surface area (Å²) >= 11 is 12.2. The predicted octanol–water partition coefficient (Wildman–Crippen LogP) is 4.80. The molecule has 0 unspecified atom stereocenters. The lowest BCUT2D eigenvalue weighted by atomic mass is 9.48. The average Bonchev–Trinajstić information content (AvgIpc) is 3.61. The zero-order chi connectivity index (χ0) is 25.7. The van der Waals surface area contributed by atoms with E-state index in [0.717, 1.165) is 43.0 Å². The first kappa shape index (κ1) is 23.9. The molecule has 2 amide bonds. The Morgan fingerprint density at radius 3 is 2.76 bits per heavy atom. The number of rotatable bonds is 4. The van der Waals surface area contributed by atoms with Gasteiger partial charge < -0.3 is 25.2 Å².